The standard InChI is InChI=1S/C23H36N4O2/c28-22(18-24-10-14-26(15-11-24)21-8-2-1-3-9-21)19-25-12-16-27(17-13-25)23(29)20-6-4-5-7-20/h1-3,8-9,20,22,28H,4-7,10-19H2. The number of aliphatic hydroxyl groups is 1. The average molecular weight is 401 g/mol. The molecule has 160 valence electrons. The molecule has 29 heavy (non-hydrogen) atoms. The predicted molar refractivity (Wildman–Crippen MR) is 116 cm³/mol. The first kappa shape index (κ1) is 20.6. The minimum atomic E-state index is -0.324. The van der Waals surface area contributed by atoms with E-state index in [0.29, 0.717) is 12.5 Å². The van der Waals surface area contributed by atoms with Crippen LogP contribution in [0, 0.1) is 5.92 Å². The fourth-order valence-corrected chi connectivity index (χ4v) is 5.06. The van der Waals surface area contributed by atoms with E-state index in [2.05, 4.69) is 49.9 Å². The van der Waals surface area contributed by atoms with E-state index >= 15 is 0 Å². The van der Waals surface area contributed by atoms with Gasteiger partial charge in [-0.1, -0.05) is 31.0 Å². The van der Waals surface area contributed by atoms with E-state index in [-0.39, 0.29) is 12.0 Å². The summed E-state index contributed by atoms with van der Waals surface area (Å²) in [5.41, 5.74) is 1.29. The summed E-state index contributed by atoms with van der Waals surface area (Å²) in [4.78, 5) is 21.7. The Balaban J connectivity index is 1.14. The number of hydrogen-bond donors (Lipinski definition) is 1. The molecule has 1 atom stereocenters. The van der Waals surface area contributed by atoms with Gasteiger partial charge in [-0.05, 0) is 25.0 Å². The Labute approximate surface area is 175 Å². The molecule has 2 heterocycles. The fraction of sp³-hybridized carbons (Fsp3) is 0.696. The van der Waals surface area contributed by atoms with Crippen LogP contribution < -0.4 is 4.90 Å². The predicted octanol–water partition coefficient (Wildman–Crippen LogP) is 1.50. The molecule has 4 rings (SSSR count). The van der Waals surface area contributed by atoms with E-state index in [1.165, 1.54) is 18.5 Å². The third-order valence-electron chi connectivity index (χ3n) is 6.82. The van der Waals surface area contributed by atoms with E-state index in [1.807, 2.05) is 0 Å². The number of benzene rings is 1. The van der Waals surface area contributed by atoms with Crippen LogP contribution in [0.25, 0.3) is 0 Å². The highest BCUT2D eigenvalue weighted by atomic mass is 16.3. The minimum absolute atomic E-state index is 0.279. The van der Waals surface area contributed by atoms with Crippen molar-refractivity contribution in [3.05, 3.63) is 30.3 Å². The molecule has 0 aromatic heterocycles. The van der Waals surface area contributed by atoms with Crippen LogP contribution >= 0.6 is 0 Å². The number of anilines is 1. The van der Waals surface area contributed by atoms with Crippen molar-refractivity contribution in [2.45, 2.75) is 31.8 Å². The Morgan fingerprint density at radius 1 is 0.862 bits per heavy atom. The van der Waals surface area contributed by atoms with Crippen LogP contribution in [0.2, 0.25) is 0 Å². The van der Waals surface area contributed by atoms with Gasteiger partial charge in [-0.3, -0.25) is 14.6 Å². The number of carbonyl (C=O) groups excluding carboxylic acids is 1. The molecular formula is C23H36N4O2. The smallest absolute Gasteiger partial charge is 0.225 e. The summed E-state index contributed by atoms with van der Waals surface area (Å²) in [5.74, 6) is 0.653. The lowest BCUT2D eigenvalue weighted by Crippen LogP contribution is -2.53. The van der Waals surface area contributed by atoms with Gasteiger partial charge in [0, 0.05) is 77.1 Å². The molecule has 6 heteroatoms. The van der Waals surface area contributed by atoms with Crippen molar-refractivity contribution < 1.29 is 9.90 Å². The van der Waals surface area contributed by atoms with Crippen molar-refractivity contribution in [3.8, 4) is 0 Å². The first-order valence-electron chi connectivity index (χ1n) is 11.4. The quantitative estimate of drug-likeness (QED) is 0.784. The molecule has 0 radical (unpaired) electrons. The molecule has 0 spiro atoms. The molecule has 2 saturated heterocycles. The van der Waals surface area contributed by atoms with Gasteiger partial charge in [0.1, 0.15) is 0 Å². The lowest BCUT2D eigenvalue weighted by Gasteiger charge is -2.39. The Bertz CT molecular complexity index is 634. The van der Waals surface area contributed by atoms with Gasteiger partial charge in [-0.25, -0.2) is 0 Å². The minimum Gasteiger partial charge on any atom is -0.390 e. The average Bonchev–Trinajstić information content (AvgIpc) is 3.30. The van der Waals surface area contributed by atoms with E-state index in [4.69, 9.17) is 0 Å². The Hall–Kier alpha value is -1.63. The zero-order valence-corrected chi connectivity index (χ0v) is 17.6. The highest BCUT2D eigenvalue weighted by Crippen LogP contribution is 2.27. The SMILES string of the molecule is O=C(C1CCCC1)N1CCN(CC(O)CN2CCN(c3ccccc3)CC2)CC1. The van der Waals surface area contributed by atoms with Crippen LogP contribution in [0.15, 0.2) is 30.3 Å². The Kier molecular flexibility index (Phi) is 7.06. The number of para-hydroxylation sites is 1. The molecule has 3 aliphatic rings. The summed E-state index contributed by atoms with van der Waals surface area (Å²) in [6.45, 7) is 8.88. The number of β-amino-alcohol motifs (C(OH)–C–C–N with tert-alkyl or cyclic N) is 1. The van der Waals surface area contributed by atoms with Crippen LogP contribution in [0.4, 0.5) is 5.69 Å². The first-order valence-corrected chi connectivity index (χ1v) is 11.4. The molecular weight excluding hydrogens is 364 g/mol. The van der Waals surface area contributed by atoms with Gasteiger partial charge in [-0.2, -0.15) is 0 Å². The molecule has 1 unspecified atom stereocenters. The second-order valence-corrected chi connectivity index (χ2v) is 8.88. The number of piperazine rings is 2. The monoisotopic (exact) mass is 400 g/mol. The normalized spacial score (nSPS) is 23.5. The van der Waals surface area contributed by atoms with E-state index in [9.17, 15) is 9.90 Å². The maximum Gasteiger partial charge on any atom is 0.225 e. The van der Waals surface area contributed by atoms with Gasteiger partial charge in [0.25, 0.3) is 0 Å². The highest BCUT2D eigenvalue weighted by molar-refractivity contribution is 5.79. The molecule has 3 fully saturated rings. The molecule has 1 aliphatic carbocycles. The highest BCUT2D eigenvalue weighted by Gasteiger charge is 2.30. The largest absolute Gasteiger partial charge is 0.390 e. The molecule has 1 N–H and O–H groups in total. The Morgan fingerprint density at radius 2 is 1.41 bits per heavy atom. The molecule has 1 aromatic carbocycles. The summed E-state index contributed by atoms with van der Waals surface area (Å²) >= 11 is 0. The van der Waals surface area contributed by atoms with Gasteiger partial charge >= 0.3 is 0 Å². The summed E-state index contributed by atoms with van der Waals surface area (Å²) in [6, 6.07) is 10.6. The van der Waals surface area contributed by atoms with Crippen molar-refractivity contribution in [1.29, 1.82) is 0 Å². The number of nitrogens with zero attached hydrogens (tertiary/aromatic N) is 4. The molecule has 1 amide bonds. The van der Waals surface area contributed by atoms with E-state index < -0.39 is 0 Å². The third kappa shape index (κ3) is 5.50. The zero-order chi connectivity index (χ0) is 20.1. The van der Waals surface area contributed by atoms with Crippen molar-refractivity contribution in [1.82, 2.24) is 14.7 Å². The second kappa shape index (κ2) is 9.92. The van der Waals surface area contributed by atoms with Crippen LogP contribution in [-0.4, -0.2) is 97.3 Å². The molecule has 1 aromatic rings. The lowest BCUT2D eigenvalue weighted by atomic mass is 10.1. The van der Waals surface area contributed by atoms with Gasteiger partial charge in [0.15, 0.2) is 0 Å². The van der Waals surface area contributed by atoms with E-state index in [0.717, 1.165) is 71.7 Å². The van der Waals surface area contributed by atoms with Crippen LogP contribution in [-0.2, 0) is 4.79 Å². The van der Waals surface area contributed by atoms with Crippen LogP contribution in [0.1, 0.15) is 25.7 Å². The number of hydrogen-bond acceptors (Lipinski definition) is 5. The molecule has 6 nitrogen and oxygen atoms in total. The fourth-order valence-electron chi connectivity index (χ4n) is 5.06. The summed E-state index contributed by atoms with van der Waals surface area (Å²) in [6.07, 6.45) is 4.25. The van der Waals surface area contributed by atoms with Crippen LogP contribution in [0.3, 0.4) is 0 Å². The van der Waals surface area contributed by atoms with Gasteiger partial charge in [0.05, 0.1) is 6.10 Å². The lowest BCUT2D eigenvalue weighted by molar-refractivity contribution is -0.137. The molecule has 1 saturated carbocycles. The summed E-state index contributed by atoms with van der Waals surface area (Å²) in [7, 11) is 0. The number of amides is 1. The van der Waals surface area contributed by atoms with Gasteiger partial charge < -0.3 is 14.9 Å². The summed E-state index contributed by atoms with van der Waals surface area (Å²) in [5, 5.41) is 10.6. The third-order valence-corrected chi connectivity index (χ3v) is 6.82. The number of aliphatic hydroxyl groups excluding tert-OH is 1. The first-order chi connectivity index (χ1) is 14.2. The molecule has 2 aliphatic heterocycles. The van der Waals surface area contributed by atoms with E-state index in [1.54, 1.807) is 0 Å². The number of carbonyl (C=O) groups is 1. The van der Waals surface area contributed by atoms with Crippen molar-refractivity contribution in [2.75, 3.05) is 70.3 Å². The maximum atomic E-state index is 12.6. The second-order valence-electron chi connectivity index (χ2n) is 8.88. The van der Waals surface area contributed by atoms with Crippen molar-refractivity contribution >= 4 is 11.6 Å². The molecule has 0 bridgehead atoms. The van der Waals surface area contributed by atoms with Crippen LogP contribution in [0.5, 0.6) is 0 Å². The topological polar surface area (TPSA) is 50.3 Å². The number of rotatable bonds is 6. The van der Waals surface area contributed by atoms with Gasteiger partial charge in [-0.15, -0.1) is 0 Å². The van der Waals surface area contributed by atoms with Crippen molar-refractivity contribution in [2.24, 2.45) is 5.92 Å². The van der Waals surface area contributed by atoms with Gasteiger partial charge in [0.2, 0.25) is 5.91 Å². The zero-order valence-electron chi connectivity index (χ0n) is 17.6. The van der Waals surface area contributed by atoms with Crippen molar-refractivity contribution in [3.63, 3.8) is 0 Å². The Morgan fingerprint density at radius 3 is 2.00 bits per heavy atom. The summed E-state index contributed by atoms with van der Waals surface area (Å²) < 4.78 is 0. The maximum absolute atomic E-state index is 12.6.